The average Bonchev–Trinajstić information content (AvgIpc) is 2.96. The summed E-state index contributed by atoms with van der Waals surface area (Å²) in [6.45, 7) is 1.87. The molecule has 118 valence electrons. The highest BCUT2D eigenvalue weighted by atomic mass is 35.5. The van der Waals surface area contributed by atoms with Gasteiger partial charge in [0.1, 0.15) is 24.2 Å². The summed E-state index contributed by atoms with van der Waals surface area (Å²) in [4.78, 5) is 26.0. The lowest BCUT2D eigenvalue weighted by molar-refractivity contribution is -0.191. The van der Waals surface area contributed by atoms with Crippen LogP contribution in [0.25, 0.3) is 0 Å². The minimum atomic E-state index is -1.39. The predicted molar refractivity (Wildman–Crippen MR) is 76.1 cm³/mol. The molecule has 0 aliphatic carbocycles. The SMILES string of the molecule is C[C@]1(COc2ccc(Cl)c(F)c2)OC(=O)[C@H]2CCCN2C1=O. The van der Waals surface area contributed by atoms with Gasteiger partial charge in [0.05, 0.1) is 5.02 Å². The Kier molecular flexibility index (Phi) is 3.72. The second-order valence-electron chi connectivity index (χ2n) is 5.67. The summed E-state index contributed by atoms with van der Waals surface area (Å²) in [5.41, 5.74) is -1.39. The van der Waals surface area contributed by atoms with Crippen molar-refractivity contribution in [2.75, 3.05) is 13.2 Å². The lowest BCUT2D eigenvalue weighted by Gasteiger charge is -2.39. The molecule has 2 aliphatic rings. The average molecular weight is 328 g/mol. The van der Waals surface area contributed by atoms with Crippen molar-refractivity contribution in [3.63, 3.8) is 0 Å². The van der Waals surface area contributed by atoms with E-state index in [1.807, 2.05) is 0 Å². The van der Waals surface area contributed by atoms with E-state index in [4.69, 9.17) is 21.1 Å². The van der Waals surface area contributed by atoms with E-state index in [0.717, 1.165) is 12.5 Å². The number of ether oxygens (including phenoxy) is 2. The number of nitrogens with zero attached hydrogens (tertiary/aromatic N) is 1. The molecular formula is C15H15ClFNO4. The number of carbonyl (C=O) groups excluding carboxylic acids is 2. The Morgan fingerprint density at radius 1 is 1.50 bits per heavy atom. The van der Waals surface area contributed by atoms with Gasteiger partial charge in [-0.25, -0.2) is 9.18 Å². The first kappa shape index (κ1) is 15.1. The summed E-state index contributed by atoms with van der Waals surface area (Å²) >= 11 is 5.60. The minimum Gasteiger partial charge on any atom is -0.489 e. The molecule has 0 unspecified atom stereocenters. The summed E-state index contributed by atoms with van der Waals surface area (Å²) < 4.78 is 24.1. The molecule has 0 aromatic heterocycles. The Balaban J connectivity index is 1.74. The van der Waals surface area contributed by atoms with Crippen molar-refractivity contribution in [1.29, 1.82) is 0 Å². The number of morpholine rings is 1. The van der Waals surface area contributed by atoms with Crippen molar-refractivity contribution in [3.05, 3.63) is 29.0 Å². The number of hydrogen-bond acceptors (Lipinski definition) is 4. The normalized spacial score (nSPS) is 27.6. The van der Waals surface area contributed by atoms with Crippen molar-refractivity contribution < 1.29 is 23.5 Å². The van der Waals surface area contributed by atoms with E-state index < -0.39 is 23.4 Å². The lowest BCUT2D eigenvalue weighted by Crippen LogP contribution is -2.61. The van der Waals surface area contributed by atoms with Gasteiger partial charge in [0.15, 0.2) is 0 Å². The second kappa shape index (κ2) is 5.43. The zero-order valence-electron chi connectivity index (χ0n) is 12.0. The number of fused-ring (bicyclic) bond motifs is 1. The number of benzene rings is 1. The smallest absolute Gasteiger partial charge is 0.330 e. The Hall–Kier alpha value is -1.82. The quantitative estimate of drug-likeness (QED) is 0.798. The van der Waals surface area contributed by atoms with E-state index in [0.29, 0.717) is 13.0 Å². The summed E-state index contributed by atoms with van der Waals surface area (Å²) in [6.07, 6.45) is 1.41. The first-order valence-corrected chi connectivity index (χ1v) is 7.40. The third-order valence-corrected chi connectivity index (χ3v) is 4.28. The van der Waals surface area contributed by atoms with Crippen LogP contribution >= 0.6 is 11.6 Å². The molecule has 7 heteroatoms. The van der Waals surface area contributed by atoms with Crippen LogP contribution in [0.15, 0.2) is 18.2 Å². The zero-order valence-corrected chi connectivity index (χ0v) is 12.7. The highest BCUT2D eigenvalue weighted by molar-refractivity contribution is 6.30. The molecule has 2 heterocycles. The monoisotopic (exact) mass is 327 g/mol. The summed E-state index contributed by atoms with van der Waals surface area (Å²) in [6, 6.07) is 3.50. The summed E-state index contributed by atoms with van der Waals surface area (Å²) in [7, 11) is 0. The number of hydrogen-bond donors (Lipinski definition) is 0. The number of cyclic esters (lactones) is 1. The van der Waals surface area contributed by atoms with E-state index >= 15 is 0 Å². The molecule has 5 nitrogen and oxygen atoms in total. The molecule has 0 bridgehead atoms. The zero-order chi connectivity index (χ0) is 15.9. The van der Waals surface area contributed by atoms with Crippen LogP contribution in [0.5, 0.6) is 5.75 Å². The topological polar surface area (TPSA) is 55.8 Å². The molecular weight excluding hydrogens is 313 g/mol. The fourth-order valence-corrected chi connectivity index (χ4v) is 2.89. The highest BCUT2D eigenvalue weighted by Gasteiger charge is 2.52. The third kappa shape index (κ3) is 2.52. The third-order valence-electron chi connectivity index (χ3n) is 3.97. The van der Waals surface area contributed by atoms with Gasteiger partial charge in [-0.15, -0.1) is 0 Å². The number of rotatable bonds is 3. The van der Waals surface area contributed by atoms with Crippen molar-refractivity contribution >= 4 is 23.5 Å². The maximum Gasteiger partial charge on any atom is 0.330 e. The van der Waals surface area contributed by atoms with Crippen LogP contribution in [0, 0.1) is 5.82 Å². The largest absolute Gasteiger partial charge is 0.489 e. The van der Waals surface area contributed by atoms with E-state index in [1.165, 1.54) is 24.0 Å². The maximum atomic E-state index is 13.4. The predicted octanol–water partition coefficient (Wildman–Crippen LogP) is 2.16. The minimum absolute atomic E-state index is 0.0151. The Morgan fingerprint density at radius 3 is 3.00 bits per heavy atom. The molecule has 2 atom stereocenters. The van der Waals surface area contributed by atoms with Gasteiger partial charge in [-0.1, -0.05) is 11.6 Å². The molecule has 22 heavy (non-hydrogen) atoms. The lowest BCUT2D eigenvalue weighted by atomic mass is 10.0. The van der Waals surface area contributed by atoms with Crippen LogP contribution in [0.4, 0.5) is 4.39 Å². The van der Waals surface area contributed by atoms with Crippen molar-refractivity contribution in [1.82, 2.24) is 4.90 Å². The van der Waals surface area contributed by atoms with Gasteiger partial charge in [-0.3, -0.25) is 4.79 Å². The molecule has 0 radical (unpaired) electrons. The van der Waals surface area contributed by atoms with Gasteiger partial charge in [0, 0.05) is 12.6 Å². The molecule has 2 saturated heterocycles. The van der Waals surface area contributed by atoms with Crippen molar-refractivity contribution in [2.45, 2.75) is 31.4 Å². The first-order valence-electron chi connectivity index (χ1n) is 7.02. The Morgan fingerprint density at radius 2 is 2.27 bits per heavy atom. The number of amides is 1. The second-order valence-corrected chi connectivity index (χ2v) is 6.08. The molecule has 1 amide bonds. The van der Waals surface area contributed by atoms with E-state index in [2.05, 4.69) is 0 Å². The first-order chi connectivity index (χ1) is 10.4. The van der Waals surface area contributed by atoms with Gasteiger partial charge >= 0.3 is 5.97 Å². The standard InChI is InChI=1S/C15H15ClFNO4/c1-15(8-21-9-4-5-10(16)11(17)7-9)14(20)18-6-2-3-12(18)13(19)22-15/h4-5,7,12H,2-3,6,8H2,1H3/t12-,15-/m1/s1. The van der Waals surface area contributed by atoms with Gasteiger partial charge in [-0.2, -0.15) is 0 Å². The molecule has 1 aromatic rings. The molecule has 0 saturated carbocycles. The van der Waals surface area contributed by atoms with Gasteiger partial charge in [0.2, 0.25) is 5.60 Å². The van der Waals surface area contributed by atoms with Gasteiger partial charge in [-0.05, 0) is 31.9 Å². The number of esters is 1. The van der Waals surface area contributed by atoms with Crippen LogP contribution in [0.1, 0.15) is 19.8 Å². The molecule has 0 spiro atoms. The van der Waals surface area contributed by atoms with Crippen LogP contribution in [0.3, 0.4) is 0 Å². The van der Waals surface area contributed by atoms with Crippen LogP contribution in [0.2, 0.25) is 5.02 Å². The van der Waals surface area contributed by atoms with Crippen molar-refractivity contribution in [2.24, 2.45) is 0 Å². The van der Waals surface area contributed by atoms with E-state index in [-0.39, 0.29) is 23.3 Å². The Labute approximate surface area is 131 Å². The highest BCUT2D eigenvalue weighted by Crippen LogP contribution is 2.31. The van der Waals surface area contributed by atoms with Crippen molar-refractivity contribution in [3.8, 4) is 5.75 Å². The molecule has 1 aromatic carbocycles. The molecule has 2 fully saturated rings. The van der Waals surface area contributed by atoms with Crippen LogP contribution in [-0.4, -0.2) is 41.6 Å². The number of halogens is 2. The molecule has 3 rings (SSSR count). The molecule has 0 N–H and O–H groups in total. The fourth-order valence-electron chi connectivity index (χ4n) is 2.77. The van der Waals surface area contributed by atoms with Crippen LogP contribution in [-0.2, 0) is 14.3 Å². The fraction of sp³-hybridized carbons (Fsp3) is 0.467. The Bertz CT molecular complexity index is 638. The maximum absolute atomic E-state index is 13.4. The number of carbonyl (C=O) groups is 2. The van der Waals surface area contributed by atoms with Gasteiger partial charge < -0.3 is 14.4 Å². The van der Waals surface area contributed by atoms with Gasteiger partial charge in [0.25, 0.3) is 5.91 Å². The molecule has 2 aliphatic heterocycles. The van der Waals surface area contributed by atoms with E-state index in [1.54, 1.807) is 0 Å². The summed E-state index contributed by atoms with van der Waals surface area (Å²) in [5, 5.41) is -0.0151. The van der Waals surface area contributed by atoms with E-state index in [9.17, 15) is 14.0 Å². The summed E-state index contributed by atoms with van der Waals surface area (Å²) in [5.74, 6) is -1.08. The van der Waals surface area contributed by atoms with Crippen LogP contribution < -0.4 is 4.74 Å².